The van der Waals surface area contributed by atoms with Gasteiger partial charge in [-0.15, -0.1) is 0 Å². The molecule has 1 amide bonds. The highest BCUT2D eigenvalue weighted by Gasteiger charge is 2.12. The summed E-state index contributed by atoms with van der Waals surface area (Å²) in [5.74, 6) is -1.38. The van der Waals surface area contributed by atoms with Gasteiger partial charge < -0.3 is 14.8 Å². The van der Waals surface area contributed by atoms with Crippen LogP contribution in [0.25, 0.3) is 0 Å². The summed E-state index contributed by atoms with van der Waals surface area (Å²) in [6.45, 7) is 0.210. The lowest BCUT2D eigenvalue weighted by Crippen LogP contribution is -2.22. The van der Waals surface area contributed by atoms with Crippen LogP contribution in [0.1, 0.15) is 26.3 Å². The lowest BCUT2D eigenvalue weighted by molar-refractivity contribution is 0.0696. The molecule has 19 heavy (non-hydrogen) atoms. The van der Waals surface area contributed by atoms with Crippen LogP contribution >= 0.6 is 11.6 Å². The van der Waals surface area contributed by atoms with E-state index in [1.165, 1.54) is 24.5 Å². The van der Waals surface area contributed by atoms with Gasteiger partial charge in [0.2, 0.25) is 5.22 Å². The average molecular weight is 280 g/mol. The molecule has 1 heterocycles. The number of hydrogen-bond acceptors (Lipinski definition) is 3. The monoisotopic (exact) mass is 279 g/mol. The van der Waals surface area contributed by atoms with Gasteiger partial charge in [0.1, 0.15) is 0 Å². The van der Waals surface area contributed by atoms with Crippen molar-refractivity contribution in [1.29, 1.82) is 0 Å². The van der Waals surface area contributed by atoms with Crippen molar-refractivity contribution in [3.63, 3.8) is 0 Å². The molecule has 2 N–H and O–H groups in total. The first-order chi connectivity index (χ1) is 9.08. The largest absolute Gasteiger partial charge is 0.478 e. The zero-order chi connectivity index (χ0) is 13.8. The molecular weight excluding hydrogens is 270 g/mol. The van der Waals surface area contributed by atoms with Crippen LogP contribution in [0.3, 0.4) is 0 Å². The Kier molecular flexibility index (Phi) is 3.87. The third kappa shape index (κ3) is 3.14. The van der Waals surface area contributed by atoms with E-state index in [0.29, 0.717) is 5.56 Å². The number of hydrogen-bond donors (Lipinski definition) is 2. The number of amides is 1. The van der Waals surface area contributed by atoms with E-state index in [1.54, 1.807) is 12.1 Å². The second-order valence-corrected chi connectivity index (χ2v) is 4.14. The van der Waals surface area contributed by atoms with Crippen LogP contribution in [0.4, 0.5) is 0 Å². The van der Waals surface area contributed by atoms with E-state index in [4.69, 9.17) is 21.1 Å². The van der Waals surface area contributed by atoms with Crippen molar-refractivity contribution in [3.05, 3.63) is 58.5 Å². The van der Waals surface area contributed by atoms with Crippen LogP contribution in [-0.4, -0.2) is 17.0 Å². The van der Waals surface area contributed by atoms with E-state index in [0.717, 1.165) is 0 Å². The summed E-state index contributed by atoms with van der Waals surface area (Å²) in [4.78, 5) is 22.6. The maximum atomic E-state index is 11.7. The van der Waals surface area contributed by atoms with Crippen LogP contribution in [0.15, 0.2) is 41.0 Å². The van der Waals surface area contributed by atoms with Crippen molar-refractivity contribution >= 4 is 23.5 Å². The Bertz CT molecular complexity index is 621. The Hall–Kier alpha value is -2.27. The minimum Gasteiger partial charge on any atom is -0.478 e. The van der Waals surface area contributed by atoms with E-state index in [9.17, 15) is 9.59 Å². The highest BCUT2D eigenvalue weighted by Crippen LogP contribution is 2.16. The maximum Gasteiger partial charge on any atom is 0.335 e. The van der Waals surface area contributed by atoms with Gasteiger partial charge in [0, 0.05) is 6.54 Å². The first kappa shape index (κ1) is 13.2. The Morgan fingerprint density at radius 1 is 1.32 bits per heavy atom. The number of carboxylic acid groups (broad SMARTS) is 1. The molecule has 0 aliphatic heterocycles. The quantitative estimate of drug-likeness (QED) is 0.901. The minimum atomic E-state index is -1.01. The summed E-state index contributed by atoms with van der Waals surface area (Å²) in [7, 11) is 0. The number of nitrogens with one attached hydrogen (secondary N) is 1. The van der Waals surface area contributed by atoms with Gasteiger partial charge in [0.05, 0.1) is 17.4 Å². The number of carboxylic acids is 1. The van der Waals surface area contributed by atoms with Crippen molar-refractivity contribution in [1.82, 2.24) is 5.32 Å². The molecule has 0 bridgehead atoms. The zero-order valence-electron chi connectivity index (χ0n) is 9.72. The summed E-state index contributed by atoms with van der Waals surface area (Å²) in [5, 5.41) is 11.5. The van der Waals surface area contributed by atoms with Gasteiger partial charge in [-0.05, 0) is 35.4 Å². The van der Waals surface area contributed by atoms with Gasteiger partial charge in [-0.1, -0.05) is 12.1 Å². The van der Waals surface area contributed by atoms with E-state index >= 15 is 0 Å². The molecule has 0 atom stereocenters. The van der Waals surface area contributed by atoms with Crippen molar-refractivity contribution in [2.24, 2.45) is 0 Å². The van der Waals surface area contributed by atoms with Gasteiger partial charge >= 0.3 is 5.97 Å². The molecular formula is C13H10ClNO4. The Morgan fingerprint density at radius 3 is 2.74 bits per heavy atom. The van der Waals surface area contributed by atoms with E-state index in [1.807, 2.05) is 0 Å². The minimum absolute atomic E-state index is 0.0248. The van der Waals surface area contributed by atoms with Crippen LogP contribution in [0, 0.1) is 0 Å². The maximum absolute atomic E-state index is 11.7. The number of carbonyl (C=O) groups is 2. The topological polar surface area (TPSA) is 79.5 Å². The molecule has 2 aromatic rings. The molecule has 0 aliphatic carbocycles. The van der Waals surface area contributed by atoms with Gasteiger partial charge in [-0.3, -0.25) is 4.79 Å². The van der Waals surface area contributed by atoms with E-state index < -0.39 is 5.97 Å². The molecule has 1 aromatic carbocycles. The SMILES string of the molecule is O=C(O)c1cccc(CNC(=O)c2ccoc2Cl)c1. The molecule has 0 saturated heterocycles. The number of carbonyl (C=O) groups excluding carboxylic acids is 1. The first-order valence-corrected chi connectivity index (χ1v) is 5.79. The van der Waals surface area contributed by atoms with Gasteiger partial charge in [-0.25, -0.2) is 4.79 Å². The number of rotatable bonds is 4. The van der Waals surface area contributed by atoms with Crippen LogP contribution in [0.5, 0.6) is 0 Å². The summed E-state index contributed by atoms with van der Waals surface area (Å²) in [6.07, 6.45) is 1.32. The van der Waals surface area contributed by atoms with Gasteiger partial charge in [0.25, 0.3) is 5.91 Å². The Morgan fingerprint density at radius 2 is 2.11 bits per heavy atom. The summed E-state index contributed by atoms with van der Waals surface area (Å²) in [5.41, 5.74) is 1.11. The molecule has 0 spiro atoms. The summed E-state index contributed by atoms with van der Waals surface area (Å²) < 4.78 is 4.82. The molecule has 0 radical (unpaired) electrons. The third-order valence-corrected chi connectivity index (χ3v) is 2.78. The molecule has 5 nitrogen and oxygen atoms in total. The lowest BCUT2D eigenvalue weighted by Gasteiger charge is -2.05. The normalized spacial score (nSPS) is 10.2. The van der Waals surface area contributed by atoms with Gasteiger partial charge in [0.15, 0.2) is 0 Å². The van der Waals surface area contributed by atoms with Crippen LogP contribution in [-0.2, 0) is 6.54 Å². The molecule has 0 unspecified atom stereocenters. The van der Waals surface area contributed by atoms with Crippen LogP contribution < -0.4 is 5.32 Å². The molecule has 1 aromatic heterocycles. The summed E-state index contributed by atoms with van der Waals surface area (Å²) in [6, 6.07) is 7.80. The van der Waals surface area contributed by atoms with E-state index in [-0.39, 0.29) is 28.8 Å². The molecule has 6 heteroatoms. The smallest absolute Gasteiger partial charge is 0.335 e. The second-order valence-electron chi connectivity index (χ2n) is 3.80. The fourth-order valence-electron chi connectivity index (χ4n) is 1.55. The average Bonchev–Trinajstić information content (AvgIpc) is 2.82. The Labute approximate surface area is 113 Å². The number of furan rings is 1. The van der Waals surface area contributed by atoms with Crippen molar-refractivity contribution < 1.29 is 19.1 Å². The molecule has 0 aliphatic rings. The lowest BCUT2D eigenvalue weighted by atomic mass is 10.1. The van der Waals surface area contributed by atoms with Crippen molar-refractivity contribution in [2.45, 2.75) is 6.54 Å². The second kappa shape index (κ2) is 5.58. The van der Waals surface area contributed by atoms with Crippen molar-refractivity contribution in [3.8, 4) is 0 Å². The van der Waals surface area contributed by atoms with E-state index in [2.05, 4.69) is 5.32 Å². The fourth-order valence-corrected chi connectivity index (χ4v) is 1.75. The van der Waals surface area contributed by atoms with Gasteiger partial charge in [-0.2, -0.15) is 0 Å². The predicted molar refractivity (Wildman–Crippen MR) is 68.3 cm³/mol. The third-order valence-electron chi connectivity index (χ3n) is 2.49. The zero-order valence-corrected chi connectivity index (χ0v) is 10.5. The standard InChI is InChI=1S/C13H10ClNO4/c14-11-10(4-5-19-11)12(16)15-7-8-2-1-3-9(6-8)13(17)18/h1-6H,7H2,(H,15,16)(H,17,18). The molecule has 98 valence electrons. The highest BCUT2D eigenvalue weighted by molar-refractivity contribution is 6.32. The molecule has 2 rings (SSSR count). The highest BCUT2D eigenvalue weighted by atomic mass is 35.5. The molecule has 0 saturated carbocycles. The fraction of sp³-hybridized carbons (Fsp3) is 0.0769. The molecule has 0 fully saturated rings. The van der Waals surface area contributed by atoms with Crippen molar-refractivity contribution in [2.75, 3.05) is 0 Å². The predicted octanol–water partition coefficient (Wildman–Crippen LogP) is 2.56. The number of benzene rings is 1. The Balaban J connectivity index is 2.03. The number of aromatic carboxylic acids is 1. The van der Waals surface area contributed by atoms with Crippen LogP contribution in [0.2, 0.25) is 5.22 Å². The summed E-state index contributed by atoms with van der Waals surface area (Å²) >= 11 is 5.68. The number of halogens is 1. The first-order valence-electron chi connectivity index (χ1n) is 5.41.